The summed E-state index contributed by atoms with van der Waals surface area (Å²) in [6.45, 7) is 14.0. The summed E-state index contributed by atoms with van der Waals surface area (Å²) in [4.78, 5) is 2.39. The van der Waals surface area contributed by atoms with Crippen molar-refractivity contribution < 1.29 is 4.74 Å². The molecule has 1 aromatic carbocycles. The van der Waals surface area contributed by atoms with Crippen LogP contribution in [0.15, 0.2) is 18.2 Å². The third-order valence-electron chi connectivity index (χ3n) is 4.11. The molecule has 3 heteroatoms. The third-order valence-corrected chi connectivity index (χ3v) is 4.11. The van der Waals surface area contributed by atoms with E-state index in [2.05, 4.69) is 56.2 Å². The minimum Gasteiger partial charge on any atom is -0.497 e. The molecular weight excluding hydrogens is 284 g/mol. The Kier molecular flexibility index (Phi) is 12.5. The average molecular weight is 323 g/mol. The highest BCUT2D eigenvalue weighted by Gasteiger charge is 2.10. The van der Waals surface area contributed by atoms with Crippen molar-refractivity contribution in [2.24, 2.45) is 0 Å². The van der Waals surface area contributed by atoms with Crippen molar-refractivity contribution in [1.29, 1.82) is 0 Å². The number of ether oxygens (including phenoxy) is 1. The second-order valence-electron chi connectivity index (χ2n) is 5.85. The second kappa shape index (κ2) is 13.2. The molecule has 1 aromatic rings. The van der Waals surface area contributed by atoms with Gasteiger partial charge in [-0.25, -0.2) is 0 Å². The predicted molar refractivity (Wildman–Crippen MR) is 104 cm³/mol. The molecule has 0 aliphatic heterocycles. The minimum absolute atomic E-state index is 0.566. The van der Waals surface area contributed by atoms with Crippen molar-refractivity contribution >= 4 is 5.69 Å². The van der Waals surface area contributed by atoms with E-state index in [1.165, 1.54) is 30.6 Å². The van der Waals surface area contributed by atoms with Crippen LogP contribution >= 0.6 is 0 Å². The van der Waals surface area contributed by atoms with E-state index in [4.69, 9.17) is 4.74 Å². The quantitative estimate of drug-likeness (QED) is 0.626. The van der Waals surface area contributed by atoms with Crippen LogP contribution < -0.4 is 10.1 Å². The predicted octanol–water partition coefficient (Wildman–Crippen LogP) is 5.38. The van der Waals surface area contributed by atoms with Crippen LogP contribution in [0.2, 0.25) is 0 Å². The molecule has 0 spiro atoms. The molecule has 0 aliphatic rings. The van der Waals surface area contributed by atoms with E-state index in [-0.39, 0.29) is 0 Å². The summed E-state index contributed by atoms with van der Waals surface area (Å²) in [5, 5.41) is 3.59. The first kappa shape index (κ1) is 21.8. The lowest BCUT2D eigenvalue weighted by Crippen LogP contribution is -2.26. The number of rotatable bonds is 10. The Labute approximate surface area is 144 Å². The van der Waals surface area contributed by atoms with Gasteiger partial charge in [0.15, 0.2) is 0 Å². The average Bonchev–Trinajstić information content (AvgIpc) is 2.60. The lowest BCUT2D eigenvalue weighted by Gasteiger charge is -2.20. The third kappa shape index (κ3) is 8.26. The van der Waals surface area contributed by atoms with E-state index < -0.39 is 0 Å². The molecule has 0 fully saturated rings. The fourth-order valence-electron chi connectivity index (χ4n) is 2.39. The first-order valence-corrected chi connectivity index (χ1v) is 9.22. The van der Waals surface area contributed by atoms with Gasteiger partial charge in [-0.3, -0.25) is 0 Å². The number of likely N-dealkylation sites (N-methyl/N-ethyl adjacent to an activating group) is 1. The normalized spacial score (nSPS) is 11.7. The summed E-state index contributed by atoms with van der Waals surface area (Å²) in [6.07, 6.45) is 3.68. The molecule has 0 amide bonds. The summed E-state index contributed by atoms with van der Waals surface area (Å²) in [7, 11) is 3.92. The zero-order valence-corrected chi connectivity index (χ0v) is 16.4. The maximum absolute atomic E-state index is 5.35. The largest absolute Gasteiger partial charge is 0.497 e. The van der Waals surface area contributed by atoms with E-state index in [9.17, 15) is 0 Å². The molecule has 1 unspecified atom stereocenters. The topological polar surface area (TPSA) is 24.5 Å². The van der Waals surface area contributed by atoms with Gasteiger partial charge >= 0.3 is 0 Å². The molecule has 1 rings (SSSR count). The summed E-state index contributed by atoms with van der Waals surface area (Å²) in [5.74, 6) is 1.49. The van der Waals surface area contributed by atoms with Crippen molar-refractivity contribution in [3.8, 4) is 5.75 Å². The number of benzene rings is 1. The zero-order valence-electron chi connectivity index (χ0n) is 16.4. The van der Waals surface area contributed by atoms with E-state index in [1.54, 1.807) is 7.11 Å². The van der Waals surface area contributed by atoms with E-state index in [0.29, 0.717) is 5.92 Å². The first-order valence-electron chi connectivity index (χ1n) is 9.22. The van der Waals surface area contributed by atoms with Crippen molar-refractivity contribution in [2.75, 3.05) is 39.1 Å². The number of methoxy groups -OCH3 is 1. The van der Waals surface area contributed by atoms with E-state index in [0.717, 1.165) is 25.3 Å². The summed E-state index contributed by atoms with van der Waals surface area (Å²) < 4.78 is 5.35. The number of unbranched alkanes of at least 4 members (excludes halogenated alkanes) is 1. The fraction of sp³-hybridized carbons (Fsp3) is 0.700. The summed E-state index contributed by atoms with van der Waals surface area (Å²) >= 11 is 0. The van der Waals surface area contributed by atoms with Gasteiger partial charge in [-0.1, -0.05) is 47.1 Å². The Morgan fingerprint density at radius 2 is 1.87 bits per heavy atom. The number of nitrogens with zero attached hydrogens (tertiary/aromatic N) is 1. The molecule has 23 heavy (non-hydrogen) atoms. The number of anilines is 1. The Morgan fingerprint density at radius 1 is 1.17 bits per heavy atom. The van der Waals surface area contributed by atoms with Crippen molar-refractivity contribution in [3.05, 3.63) is 23.8 Å². The molecule has 1 atom stereocenters. The van der Waals surface area contributed by atoms with Crippen molar-refractivity contribution in [3.63, 3.8) is 0 Å². The molecule has 0 saturated heterocycles. The van der Waals surface area contributed by atoms with Gasteiger partial charge in [-0.15, -0.1) is 0 Å². The molecule has 0 heterocycles. The standard InChI is InChI=1S/C18H32N2O.C2H6/c1-6-8-12-20(4)13-11-19-18-14-16(21-5)9-10-17(18)15(3)7-2;1-2/h9-10,14-15,19H,6-8,11-13H2,1-5H3;1-2H3. The van der Waals surface area contributed by atoms with Gasteiger partial charge in [-0.2, -0.15) is 0 Å². The smallest absolute Gasteiger partial charge is 0.120 e. The Hall–Kier alpha value is -1.22. The highest BCUT2D eigenvalue weighted by molar-refractivity contribution is 5.56. The van der Waals surface area contributed by atoms with Crippen LogP contribution in [0.1, 0.15) is 65.4 Å². The van der Waals surface area contributed by atoms with Gasteiger partial charge in [0.25, 0.3) is 0 Å². The monoisotopic (exact) mass is 322 g/mol. The lowest BCUT2D eigenvalue weighted by molar-refractivity contribution is 0.340. The maximum Gasteiger partial charge on any atom is 0.120 e. The number of nitrogens with one attached hydrogen (secondary N) is 1. The number of hydrogen-bond donors (Lipinski definition) is 1. The van der Waals surface area contributed by atoms with E-state index in [1.807, 2.05) is 13.8 Å². The first-order chi connectivity index (χ1) is 11.1. The molecule has 0 bridgehead atoms. The van der Waals surface area contributed by atoms with Crippen LogP contribution in [0, 0.1) is 0 Å². The second-order valence-corrected chi connectivity index (χ2v) is 5.85. The van der Waals surface area contributed by atoms with Gasteiger partial charge in [0, 0.05) is 24.8 Å². The van der Waals surface area contributed by atoms with Crippen LogP contribution in [-0.2, 0) is 0 Å². The van der Waals surface area contributed by atoms with Gasteiger partial charge in [0.05, 0.1) is 7.11 Å². The SMILES string of the molecule is CC.CCCCN(C)CCNc1cc(OC)ccc1C(C)CC. The van der Waals surface area contributed by atoms with E-state index >= 15 is 0 Å². The molecule has 0 aromatic heterocycles. The van der Waals surface area contributed by atoms with Crippen LogP contribution in [-0.4, -0.2) is 38.7 Å². The highest BCUT2D eigenvalue weighted by atomic mass is 16.5. The molecule has 3 nitrogen and oxygen atoms in total. The van der Waals surface area contributed by atoms with Gasteiger partial charge in [0.2, 0.25) is 0 Å². The minimum atomic E-state index is 0.566. The number of hydrogen-bond acceptors (Lipinski definition) is 3. The summed E-state index contributed by atoms with van der Waals surface area (Å²) in [5.41, 5.74) is 2.60. The van der Waals surface area contributed by atoms with Crippen LogP contribution in [0.4, 0.5) is 5.69 Å². The molecule has 134 valence electrons. The van der Waals surface area contributed by atoms with Crippen LogP contribution in [0.5, 0.6) is 5.75 Å². The van der Waals surface area contributed by atoms with Gasteiger partial charge in [-0.05, 0) is 44.0 Å². The van der Waals surface area contributed by atoms with Gasteiger partial charge in [0.1, 0.15) is 5.75 Å². The summed E-state index contributed by atoms with van der Waals surface area (Å²) in [6, 6.07) is 6.36. The Bertz CT molecular complexity index is 407. The maximum atomic E-state index is 5.35. The van der Waals surface area contributed by atoms with Gasteiger partial charge < -0.3 is 15.0 Å². The fourth-order valence-corrected chi connectivity index (χ4v) is 2.39. The zero-order chi connectivity index (χ0) is 17.7. The Morgan fingerprint density at radius 3 is 2.43 bits per heavy atom. The molecule has 0 saturated carbocycles. The van der Waals surface area contributed by atoms with Crippen molar-refractivity contribution in [2.45, 2.75) is 59.8 Å². The molecule has 0 radical (unpaired) electrons. The van der Waals surface area contributed by atoms with Crippen molar-refractivity contribution in [1.82, 2.24) is 4.90 Å². The lowest BCUT2D eigenvalue weighted by atomic mass is 9.96. The molecule has 0 aliphatic carbocycles. The molecular formula is C20H38N2O. The van der Waals surface area contributed by atoms with Crippen LogP contribution in [0.25, 0.3) is 0 Å². The Balaban J connectivity index is 0.00000232. The molecule has 1 N–H and O–H groups in total. The van der Waals surface area contributed by atoms with Crippen LogP contribution in [0.3, 0.4) is 0 Å². The highest BCUT2D eigenvalue weighted by Crippen LogP contribution is 2.30.